The van der Waals surface area contributed by atoms with Gasteiger partial charge in [0, 0.05) is 42.8 Å². The number of allylic oxidation sites excluding steroid dienone is 6. The number of nitrogen functional groups attached to an aromatic ring is 1. The monoisotopic (exact) mass is 446 g/mol. The average Bonchev–Trinajstić information content (AvgIpc) is 3.33. The van der Waals surface area contributed by atoms with Crippen molar-refractivity contribution >= 4 is 11.4 Å². The molecule has 2 rings (SSSR count). The normalized spacial score (nSPS) is 15.1. The molecule has 1 aromatic carbocycles. The van der Waals surface area contributed by atoms with Gasteiger partial charge in [0.1, 0.15) is 0 Å². The summed E-state index contributed by atoms with van der Waals surface area (Å²) >= 11 is 0. The maximum absolute atomic E-state index is 6.13. The van der Waals surface area contributed by atoms with Crippen molar-refractivity contribution in [1.82, 2.24) is 10.2 Å². The van der Waals surface area contributed by atoms with Crippen LogP contribution in [0.5, 0.6) is 0 Å². The molecule has 1 atom stereocenters. The topological polar surface area (TPSA) is 53.6 Å². The van der Waals surface area contributed by atoms with E-state index in [-0.39, 0.29) is 0 Å². The number of aliphatic imine (C=N–C) groups is 1. The molecule has 33 heavy (non-hydrogen) atoms. The largest absolute Gasteiger partial charge is 0.399 e. The van der Waals surface area contributed by atoms with E-state index in [1.807, 2.05) is 13.1 Å². The maximum atomic E-state index is 6.13. The van der Waals surface area contributed by atoms with Crippen LogP contribution < -0.4 is 11.1 Å². The maximum Gasteiger partial charge on any atom is 0.0672 e. The highest BCUT2D eigenvalue weighted by Crippen LogP contribution is 2.24. The molecule has 4 heteroatoms. The molecule has 0 aliphatic carbocycles. The first-order valence-corrected chi connectivity index (χ1v) is 12.2. The number of hydrogen-bond acceptors (Lipinski definition) is 4. The molecule has 0 aromatic heterocycles. The van der Waals surface area contributed by atoms with Gasteiger partial charge in [-0.3, -0.25) is 4.99 Å². The van der Waals surface area contributed by atoms with Gasteiger partial charge in [-0.05, 0) is 68.4 Å². The van der Waals surface area contributed by atoms with E-state index in [2.05, 4.69) is 98.1 Å². The Morgan fingerprint density at radius 1 is 1.24 bits per heavy atom. The van der Waals surface area contributed by atoms with E-state index in [4.69, 9.17) is 5.73 Å². The summed E-state index contributed by atoms with van der Waals surface area (Å²) in [6.45, 7) is 17.2. The molecule has 178 valence electrons. The number of rotatable bonds is 13. The third-order valence-corrected chi connectivity index (χ3v) is 5.90. The number of nitrogens with one attached hydrogen (secondary N) is 1. The Balaban J connectivity index is 2.11. The van der Waals surface area contributed by atoms with Crippen LogP contribution in [0.3, 0.4) is 0 Å². The summed E-state index contributed by atoms with van der Waals surface area (Å²) in [7, 11) is 0. The second-order valence-electron chi connectivity index (χ2n) is 8.72. The molecule has 0 saturated heterocycles. The third kappa shape index (κ3) is 8.12. The minimum absolute atomic E-state index is 0.356. The minimum Gasteiger partial charge on any atom is -0.399 e. The van der Waals surface area contributed by atoms with Crippen molar-refractivity contribution in [2.24, 2.45) is 4.99 Å². The highest BCUT2D eigenvalue weighted by molar-refractivity contribution is 6.02. The van der Waals surface area contributed by atoms with Crippen LogP contribution in [0.1, 0.15) is 70.4 Å². The van der Waals surface area contributed by atoms with Crippen molar-refractivity contribution in [2.75, 3.05) is 18.8 Å². The summed E-state index contributed by atoms with van der Waals surface area (Å²) in [6, 6.07) is 6.36. The van der Waals surface area contributed by atoms with Gasteiger partial charge in [0.15, 0.2) is 0 Å². The first-order valence-electron chi connectivity index (χ1n) is 12.2. The zero-order valence-corrected chi connectivity index (χ0v) is 21.2. The van der Waals surface area contributed by atoms with Gasteiger partial charge in [-0.2, -0.15) is 0 Å². The quantitative estimate of drug-likeness (QED) is 0.253. The molecule has 0 spiro atoms. The molecule has 0 saturated carbocycles. The number of benzene rings is 1. The number of nitrogens with two attached hydrogens (primary N) is 1. The second-order valence-corrected chi connectivity index (χ2v) is 8.72. The molecule has 0 bridgehead atoms. The van der Waals surface area contributed by atoms with Crippen LogP contribution in [-0.4, -0.2) is 23.7 Å². The van der Waals surface area contributed by atoms with Crippen LogP contribution in [0.4, 0.5) is 5.69 Å². The van der Waals surface area contributed by atoms with E-state index in [1.165, 1.54) is 11.3 Å². The highest BCUT2D eigenvalue weighted by Gasteiger charge is 2.12. The van der Waals surface area contributed by atoms with Gasteiger partial charge in [0.2, 0.25) is 0 Å². The van der Waals surface area contributed by atoms with Crippen molar-refractivity contribution < 1.29 is 0 Å². The van der Waals surface area contributed by atoms with Gasteiger partial charge in [-0.1, -0.05) is 57.7 Å². The Morgan fingerprint density at radius 3 is 2.55 bits per heavy atom. The van der Waals surface area contributed by atoms with Crippen LogP contribution in [-0.2, 0) is 0 Å². The van der Waals surface area contributed by atoms with E-state index in [9.17, 15) is 0 Å². The molecule has 1 heterocycles. The molecule has 1 aliphatic heterocycles. The Bertz CT molecular complexity index is 940. The molecule has 0 amide bonds. The van der Waals surface area contributed by atoms with Crippen LogP contribution in [0.2, 0.25) is 0 Å². The van der Waals surface area contributed by atoms with Crippen molar-refractivity contribution in [3.8, 4) is 0 Å². The first-order chi connectivity index (χ1) is 15.9. The summed E-state index contributed by atoms with van der Waals surface area (Å²) in [6.07, 6.45) is 16.6. The predicted octanol–water partition coefficient (Wildman–Crippen LogP) is 7.00. The lowest BCUT2D eigenvalue weighted by Crippen LogP contribution is -2.24. The first kappa shape index (κ1) is 26.2. The van der Waals surface area contributed by atoms with Gasteiger partial charge in [-0.15, -0.1) is 0 Å². The molecule has 1 unspecified atom stereocenters. The van der Waals surface area contributed by atoms with E-state index in [1.54, 1.807) is 0 Å². The van der Waals surface area contributed by atoms with Crippen molar-refractivity contribution in [3.05, 3.63) is 89.6 Å². The van der Waals surface area contributed by atoms with Gasteiger partial charge in [0.25, 0.3) is 0 Å². The summed E-state index contributed by atoms with van der Waals surface area (Å²) in [5.41, 5.74) is 13.5. The van der Waals surface area contributed by atoms with Crippen LogP contribution in [0.25, 0.3) is 0 Å². The standard InChI is InChI=1S/C29H42N4/c1-7-19-33(20-8-2)26(9-3)16-14-24(6)32-29(28-11-10-18-31-28)17-13-22(4)25-15-12-23(5)27(30)21-25/h9-10,12,14-18,21-22,32H,6-8,11,13,19-20,30H2,1-5H3/b16-14-,26-9+,29-17+. The van der Waals surface area contributed by atoms with Crippen LogP contribution in [0.15, 0.2) is 83.4 Å². The van der Waals surface area contributed by atoms with Gasteiger partial charge < -0.3 is 16.0 Å². The van der Waals surface area contributed by atoms with Crippen molar-refractivity contribution in [1.29, 1.82) is 0 Å². The zero-order valence-electron chi connectivity index (χ0n) is 21.2. The SMILES string of the molecule is C=C(/C=C\C(=C/C)N(CCC)CCC)N/C(=C/CC(C)c1ccc(C)c(N)c1)C1=NC=CC1. The smallest absolute Gasteiger partial charge is 0.0672 e. The van der Waals surface area contributed by atoms with Crippen molar-refractivity contribution in [3.63, 3.8) is 0 Å². The van der Waals surface area contributed by atoms with Crippen LogP contribution in [0, 0.1) is 6.92 Å². The average molecular weight is 447 g/mol. The number of hydrogen-bond donors (Lipinski definition) is 2. The molecular weight excluding hydrogens is 404 g/mol. The minimum atomic E-state index is 0.356. The summed E-state index contributed by atoms with van der Waals surface area (Å²) in [4.78, 5) is 6.99. The number of nitrogens with zero attached hydrogens (tertiary/aromatic N) is 2. The van der Waals surface area contributed by atoms with E-state index < -0.39 is 0 Å². The van der Waals surface area contributed by atoms with Gasteiger partial charge in [0.05, 0.1) is 11.4 Å². The Hall–Kier alpha value is -3.01. The lowest BCUT2D eigenvalue weighted by molar-refractivity contribution is 0.354. The lowest BCUT2D eigenvalue weighted by Gasteiger charge is -2.25. The molecular formula is C29H42N4. The van der Waals surface area contributed by atoms with Gasteiger partial charge in [-0.25, -0.2) is 0 Å². The molecule has 1 aliphatic rings. The number of anilines is 1. The second kappa shape index (κ2) is 13.5. The molecule has 3 N–H and O–H groups in total. The third-order valence-electron chi connectivity index (χ3n) is 5.90. The molecule has 1 aromatic rings. The molecule has 4 nitrogen and oxygen atoms in total. The zero-order chi connectivity index (χ0) is 24.2. The number of aryl methyl sites for hydroxylation is 1. The van der Waals surface area contributed by atoms with E-state index in [0.29, 0.717) is 5.92 Å². The fourth-order valence-corrected chi connectivity index (χ4v) is 3.87. The Labute approximate surface area is 201 Å². The van der Waals surface area contributed by atoms with E-state index in [0.717, 1.165) is 67.1 Å². The summed E-state index contributed by atoms with van der Waals surface area (Å²) in [5.74, 6) is 0.356. The fourth-order valence-electron chi connectivity index (χ4n) is 3.87. The predicted molar refractivity (Wildman–Crippen MR) is 145 cm³/mol. The summed E-state index contributed by atoms with van der Waals surface area (Å²) in [5, 5.41) is 3.51. The fraction of sp³-hybridized carbons (Fsp3) is 0.414. The Kier molecular flexibility index (Phi) is 10.8. The molecule has 0 fully saturated rings. The van der Waals surface area contributed by atoms with Crippen molar-refractivity contribution in [2.45, 2.75) is 66.2 Å². The van der Waals surface area contributed by atoms with E-state index >= 15 is 0 Å². The molecule has 0 radical (unpaired) electrons. The Morgan fingerprint density at radius 2 is 1.97 bits per heavy atom. The van der Waals surface area contributed by atoms with Gasteiger partial charge >= 0.3 is 0 Å². The highest BCUT2D eigenvalue weighted by atomic mass is 15.1. The lowest BCUT2D eigenvalue weighted by atomic mass is 9.95. The summed E-state index contributed by atoms with van der Waals surface area (Å²) < 4.78 is 0. The van der Waals surface area contributed by atoms with Crippen LogP contribution >= 0.6 is 0 Å².